The topological polar surface area (TPSA) is 34.6 Å². The SMILES string of the molecule is C1CCCCC1.COc1ccc2ncc3c(c2c1)N(C)CCO3. The smallest absolute Gasteiger partial charge is 0.161 e. The molecular weight excluding hydrogens is 288 g/mol. The number of benzene rings is 1. The molecule has 4 rings (SSSR count). The number of anilines is 1. The molecule has 0 amide bonds. The molecule has 0 atom stereocenters. The minimum Gasteiger partial charge on any atom is -0.497 e. The molecule has 124 valence electrons. The highest BCUT2D eigenvalue weighted by atomic mass is 16.5. The third kappa shape index (κ3) is 3.69. The van der Waals surface area contributed by atoms with Crippen molar-refractivity contribution in [1.29, 1.82) is 0 Å². The number of fused-ring (bicyclic) bond motifs is 3. The Hall–Kier alpha value is -1.97. The normalized spacial score (nSPS) is 16.9. The van der Waals surface area contributed by atoms with E-state index in [1.807, 2.05) is 18.2 Å². The Morgan fingerprint density at radius 3 is 2.43 bits per heavy atom. The highest BCUT2D eigenvalue weighted by Gasteiger charge is 2.18. The van der Waals surface area contributed by atoms with Gasteiger partial charge in [-0.05, 0) is 18.2 Å². The lowest BCUT2D eigenvalue weighted by molar-refractivity contribution is 0.311. The summed E-state index contributed by atoms with van der Waals surface area (Å²) in [4.78, 5) is 6.59. The number of nitrogens with zero attached hydrogens (tertiary/aromatic N) is 2. The molecule has 0 bridgehead atoms. The number of rotatable bonds is 1. The monoisotopic (exact) mass is 314 g/mol. The van der Waals surface area contributed by atoms with E-state index in [0.29, 0.717) is 6.61 Å². The zero-order valence-corrected chi connectivity index (χ0v) is 14.2. The Bertz CT molecular complexity index is 636. The second-order valence-corrected chi connectivity index (χ2v) is 6.25. The summed E-state index contributed by atoms with van der Waals surface area (Å²) in [6, 6.07) is 5.90. The fourth-order valence-corrected chi connectivity index (χ4v) is 3.23. The first-order valence-corrected chi connectivity index (χ1v) is 8.60. The average Bonchev–Trinajstić information content (AvgIpc) is 2.63. The van der Waals surface area contributed by atoms with Crippen molar-refractivity contribution in [1.82, 2.24) is 4.98 Å². The molecule has 2 heterocycles. The van der Waals surface area contributed by atoms with E-state index in [1.165, 1.54) is 38.5 Å². The van der Waals surface area contributed by atoms with E-state index in [9.17, 15) is 0 Å². The molecule has 1 aliphatic carbocycles. The zero-order chi connectivity index (χ0) is 16.1. The second kappa shape index (κ2) is 7.53. The molecule has 4 nitrogen and oxygen atoms in total. The first-order valence-electron chi connectivity index (χ1n) is 8.60. The first-order chi connectivity index (χ1) is 11.3. The van der Waals surface area contributed by atoms with E-state index in [4.69, 9.17) is 9.47 Å². The molecule has 0 N–H and O–H groups in total. The van der Waals surface area contributed by atoms with Crippen LogP contribution in [0.1, 0.15) is 38.5 Å². The summed E-state index contributed by atoms with van der Waals surface area (Å²) in [6.07, 6.45) is 10.8. The number of aromatic nitrogens is 1. The minimum absolute atomic E-state index is 0.709. The van der Waals surface area contributed by atoms with Crippen molar-refractivity contribution >= 4 is 16.6 Å². The van der Waals surface area contributed by atoms with Crippen molar-refractivity contribution in [3.8, 4) is 11.5 Å². The van der Waals surface area contributed by atoms with Crippen molar-refractivity contribution in [2.45, 2.75) is 38.5 Å². The van der Waals surface area contributed by atoms with Crippen LogP contribution in [0.2, 0.25) is 0 Å². The predicted molar refractivity (Wildman–Crippen MR) is 94.8 cm³/mol. The molecule has 2 aliphatic rings. The largest absolute Gasteiger partial charge is 0.497 e. The van der Waals surface area contributed by atoms with Crippen LogP contribution in [0.5, 0.6) is 11.5 Å². The van der Waals surface area contributed by atoms with Gasteiger partial charge in [-0.15, -0.1) is 0 Å². The van der Waals surface area contributed by atoms with Gasteiger partial charge in [0.1, 0.15) is 12.4 Å². The Morgan fingerprint density at radius 2 is 1.78 bits per heavy atom. The van der Waals surface area contributed by atoms with E-state index < -0.39 is 0 Å². The van der Waals surface area contributed by atoms with E-state index >= 15 is 0 Å². The molecule has 1 aromatic heterocycles. The molecule has 0 radical (unpaired) electrons. The minimum atomic E-state index is 0.709. The van der Waals surface area contributed by atoms with Crippen molar-refractivity contribution in [2.24, 2.45) is 0 Å². The van der Waals surface area contributed by atoms with Gasteiger partial charge in [0.25, 0.3) is 0 Å². The van der Waals surface area contributed by atoms with Crippen LogP contribution in [0.15, 0.2) is 24.4 Å². The van der Waals surface area contributed by atoms with E-state index in [0.717, 1.165) is 34.6 Å². The number of hydrogen-bond donors (Lipinski definition) is 0. The van der Waals surface area contributed by atoms with Gasteiger partial charge in [0.2, 0.25) is 0 Å². The Balaban J connectivity index is 0.000000220. The fourth-order valence-electron chi connectivity index (χ4n) is 3.23. The van der Waals surface area contributed by atoms with Crippen LogP contribution in [0.3, 0.4) is 0 Å². The molecule has 0 saturated heterocycles. The van der Waals surface area contributed by atoms with Crippen LogP contribution in [0, 0.1) is 0 Å². The number of ether oxygens (including phenoxy) is 2. The first kappa shape index (κ1) is 15.9. The third-order valence-electron chi connectivity index (χ3n) is 4.58. The molecule has 1 aliphatic heterocycles. The standard InChI is InChI=1S/C13H14N2O2.C6H12/c1-15-5-6-17-12-8-14-11-4-3-9(16-2)7-10(11)13(12)15;1-2-4-6-5-3-1/h3-4,7-8H,5-6H2,1-2H3;1-6H2. The van der Waals surface area contributed by atoms with Gasteiger partial charge in [0.05, 0.1) is 31.1 Å². The van der Waals surface area contributed by atoms with Crippen molar-refractivity contribution in [2.75, 3.05) is 32.2 Å². The van der Waals surface area contributed by atoms with Gasteiger partial charge in [0.15, 0.2) is 5.75 Å². The van der Waals surface area contributed by atoms with Gasteiger partial charge in [0, 0.05) is 12.4 Å². The lowest BCUT2D eigenvalue weighted by Crippen LogP contribution is -2.29. The van der Waals surface area contributed by atoms with Crippen LogP contribution in [-0.2, 0) is 0 Å². The second-order valence-electron chi connectivity index (χ2n) is 6.25. The van der Waals surface area contributed by atoms with E-state index in [-0.39, 0.29) is 0 Å². The van der Waals surface area contributed by atoms with Crippen LogP contribution in [0.4, 0.5) is 5.69 Å². The quantitative estimate of drug-likeness (QED) is 0.781. The molecule has 0 spiro atoms. The molecule has 2 aromatic rings. The van der Waals surface area contributed by atoms with Crippen LogP contribution >= 0.6 is 0 Å². The zero-order valence-electron chi connectivity index (χ0n) is 14.2. The third-order valence-corrected chi connectivity index (χ3v) is 4.58. The predicted octanol–water partition coefficient (Wildman–Crippen LogP) is 4.41. The van der Waals surface area contributed by atoms with Gasteiger partial charge >= 0.3 is 0 Å². The maximum atomic E-state index is 5.63. The summed E-state index contributed by atoms with van der Waals surface area (Å²) < 4.78 is 10.9. The van der Waals surface area contributed by atoms with Gasteiger partial charge in [-0.2, -0.15) is 0 Å². The molecule has 1 saturated carbocycles. The molecule has 1 aromatic carbocycles. The average molecular weight is 314 g/mol. The van der Waals surface area contributed by atoms with Gasteiger partial charge in [-0.1, -0.05) is 38.5 Å². The molecule has 0 unspecified atom stereocenters. The highest BCUT2D eigenvalue weighted by molar-refractivity contribution is 5.95. The van der Waals surface area contributed by atoms with E-state index in [2.05, 4.69) is 16.9 Å². The molecule has 4 heteroatoms. The number of likely N-dealkylation sites (N-methyl/N-ethyl adjacent to an activating group) is 1. The van der Waals surface area contributed by atoms with Crippen LogP contribution in [-0.4, -0.2) is 32.3 Å². The van der Waals surface area contributed by atoms with Gasteiger partial charge in [-0.3, -0.25) is 4.98 Å². The van der Waals surface area contributed by atoms with E-state index in [1.54, 1.807) is 13.3 Å². The Morgan fingerprint density at radius 1 is 1.09 bits per heavy atom. The summed E-state index contributed by atoms with van der Waals surface area (Å²) in [5, 5.41) is 1.07. The number of methoxy groups -OCH3 is 1. The van der Waals surface area contributed by atoms with Crippen LogP contribution in [0.25, 0.3) is 10.9 Å². The lowest BCUT2D eigenvalue weighted by atomic mass is 10.0. The molecular formula is C19H26N2O2. The number of pyridine rings is 1. The van der Waals surface area contributed by atoms with Crippen molar-refractivity contribution in [3.63, 3.8) is 0 Å². The fraction of sp³-hybridized carbons (Fsp3) is 0.526. The van der Waals surface area contributed by atoms with Crippen molar-refractivity contribution in [3.05, 3.63) is 24.4 Å². The Labute approximate surface area is 138 Å². The van der Waals surface area contributed by atoms with Gasteiger partial charge < -0.3 is 14.4 Å². The summed E-state index contributed by atoms with van der Waals surface area (Å²) in [5.74, 6) is 1.69. The maximum absolute atomic E-state index is 5.63. The number of hydrogen-bond acceptors (Lipinski definition) is 4. The summed E-state index contributed by atoms with van der Waals surface area (Å²) in [5.41, 5.74) is 2.06. The van der Waals surface area contributed by atoms with Crippen molar-refractivity contribution < 1.29 is 9.47 Å². The highest BCUT2D eigenvalue weighted by Crippen LogP contribution is 2.37. The molecule has 1 fully saturated rings. The molecule has 23 heavy (non-hydrogen) atoms. The maximum Gasteiger partial charge on any atom is 0.161 e. The summed E-state index contributed by atoms with van der Waals surface area (Å²) >= 11 is 0. The summed E-state index contributed by atoms with van der Waals surface area (Å²) in [6.45, 7) is 1.60. The van der Waals surface area contributed by atoms with Crippen LogP contribution < -0.4 is 14.4 Å². The lowest BCUT2D eigenvalue weighted by Gasteiger charge is -2.28. The summed E-state index contributed by atoms with van der Waals surface area (Å²) in [7, 11) is 3.74. The van der Waals surface area contributed by atoms with Gasteiger partial charge in [-0.25, -0.2) is 0 Å². The Kier molecular flexibility index (Phi) is 5.21.